The SMILES string of the molecule is O=c1c(Br)cc(Br)cn1Cc1ccc(F)cc1F. The molecular weight excluding hydrogens is 372 g/mol. The fourth-order valence-corrected chi connectivity index (χ4v) is 2.77. The molecule has 0 aliphatic rings. The van der Waals surface area contributed by atoms with Crippen LogP contribution in [-0.4, -0.2) is 4.57 Å². The summed E-state index contributed by atoms with van der Waals surface area (Å²) in [4.78, 5) is 11.8. The Balaban J connectivity index is 2.43. The van der Waals surface area contributed by atoms with Gasteiger partial charge in [-0.2, -0.15) is 0 Å². The highest BCUT2D eigenvalue weighted by molar-refractivity contribution is 9.11. The lowest BCUT2D eigenvalue weighted by Gasteiger charge is -2.08. The predicted molar refractivity (Wildman–Crippen MR) is 71.6 cm³/mol. The summed E-state index contributed by atoms with van der Waals surface area (Å²) < 4.78 is 28.7. The average molecular weight is 379 g/mol. The molecule has 0 amide bonds. The first-order valence-electron chi connectivity index (χ1n) is 4.97. The summed E-state index contributed by atoms with van der Waals surface area (Å²) in [6.07, 6.45) is 1.55. The number of halogens is 4. The molecule has 6 heteroatoms. The zero-order valence-corrected chi connectivity index (χ0v) is 12.1. The second kappa shape index (κ2) is 5.32. The number of benzene rings is 1. The van der Waals surface area contributed by atoms with Crippen LogP contribution in [0.5, 0.6) is 0 Å². The monoisotopic (exact) mass is 377 g/mol. The van der Waals surface area contributed by atoms with Crippen LogP contribution in [0.1, 0.15) is 5.56 Å². The van der Waals surface area contributed by atoms with Gasteiger partial charge in [0.15, 0.2) is 0 Å². The molecule has 0 radical (unpaired) electrons. The number of rotatable bonds is 2. The van der Waals surface area contributed by atoms with Crippen LogP contribution in [0.15, 0.2) is 44.2 Å². The van der Waals surface area contributed by atoms with Crippen LogP contribution in [0.3, 0.4) is 0 Å². The van der Waals surface area contributed by atoms with Crippen molar-refractivity contribution in [1.82, 2.24) is 4.57 Å². The van der Waals surface area contributed by atoms with Gasteiger partial charge in [-0.05, 0) is 44.0 Å². The van der Waals surface area contributed by atoms with E-state index in [2.05, 4.69) is 31.9 Å². The molecule has 2 aromatic rings. The fraction of sp³-hybridized carbons (Fsp3) is 0.0833. The Morgan fingerprint density at radius 2 is 1.89 bits per heavy atom. The van der Waals surface area contributed by atoms with Crippen LogP contribution in [0.4, 0.5) is 8.78 Å². The highest BCUT2D eigenvalue weighted by Crippen LogP contribution is 2.15. The van der Waals surface area contributed by atoms with Crippen molar-refractivity contribution in [1.29, 1.82) is 0 Å². The Hall–Kier alpha value is -1.01. The normalized spacial score (nSPS) is 10.7. The van der Waals surface area contributed by atoms with Crippen LogP contribution in [0.2, 0.25) is 0 Å². The number of hydrogen-bond donors (Lipinski definition) is 0. The van der Waals surface area contributed by atoms with Gasteiger partial charge in [-0.25, -0.2) is 8.78 Å². The van der Waals surface area contributed by atoms with E-state index in [0.29, 0.717) is 8.95 Å². The van der Waals surface area contributed by atoms with Crippen molar-refractivity contribution in [3.05, 3.63) is 67.0 Å². The zero-order valence-electron chi connectivity index (χ0n) is 8.96. The van der Waals surface area contributed by atoms with Gasteiger partial charge in [0, 0.05) is 22.3 Å². The highest BCUT2D eigenvalue weighted by atomic mass is 79.9. The summed E-state index contributed by atoms with van der Waals surface area (Å²) in [5.41, 5.74) is -0.0228. The van der Waals surface area contributed by atoms with Gasteiger partial charge >= 0.3 is 0 Å². The minimum Gasteiger partial charge on any atom is -0.309 e. The van der Waals surface area contributed by atoms with Gasteiger partial charge < -0.3 is 4.57 Å². The van der Waals surface area contributed by atoms with Gasteiger partial charge in [0.05, 0.1) is 11.0 Å². The number of hydrogen-bond acceptors (Lipinski definition) is 1. The van der Waals surface area contributed by atoms with Crippen molar-refractivity contribution >= 4 is 31.9 Å². The molecule has 0 spiro atoms. The first-order valence-corrected chi connectivity index (χ1v) is 6.55. The van der Waals surface area contributed by atoms with E-state index < -0.39 is 11.6 Å². The molecule has 1 heterocycles. The molecule has 0 aliphatic carbocycles. The Kier molecular flexibility index (Phi) is 3.97. The Morgan fingerprint density at radius 1 is 1.17 bits per heavy atom. The molecule has 1 aromatic carbocycles. The zero-order chi connectivity index (χ0) is 13.3. The van der Waals surface area contributed by atoms with Crippen molar-refractivity contribution in [2.24, 2.45) is 0 Å². The van der Waals surface area contributed by atoms with E-state index in [-0.39, 0.29) is 17.7 Å². The summed E-state index contributed by atoms with van der Waals surface area (Å²) in [7, 11) is 0. The van der Waals surface area contributed by atoms with Crippen molar-refractivity contribution in [2.75, 3.05) is 0 Å². The molecule has 18 heavy (non-hydrogen) atoms. The largest absolute Gasteiger partial charge is 0.309 e. The molecule has 0 saturated heterocycles. The van der Waals surface area contributed by atoms with Gasteiger partial charge in [-0.15, -0.1) is 0 Å². The van der Waals surface area contributed by atoms with E-state index in [1.165, 1.54) is 10.6 Å². The third-order valence-corrected chi connectivity index (χ3v) is 3.37. The summed E-state index contributed by atoms with van der Waals surface area (Å²) in [6.45, 7) is 0.0446. The number of aromatic nitrogens is 1. The summed E-state index contributed by atoms with van der Waals surface area (Å²) >= 11 is 6.37. The Labute approximate surface area is 119 Å². The van der Waals surface area contributed by atoms with E-state index in [4.69, 9.17) is 0 Å². The maximum Gasteiger partial charge on any atom is 0.265 e. The molecule has 0 N–H and O–H groups in total. The van der Waals surface area contributed by atoms with Gasteiger partial charge in [-0.1, -0.05) is 6.07 Å². The van der Waals surface area contributed by atoms with E-state index in [1.807, 2.05) is 0 Å². The second-order valence-electron chi connectivity index (χ2n) is 3.68. The molecule has 0 bridgehead atoms. The van der Waals surface area contributed by atoms with Crippen LogP contribution in [0, 0.1) is 11.6 Å². The Morgan fingerprint density at radius 3 is 2.56 bits per heavy atom. The molecule has 1 aromatic heterocycles. The standard InChI is InChI=1S/C12H7Br2F2NO/c13-8-3-10(14)12(18)17(6-8)5-7-1-2-9(15)4-11(7)16/h1-4,6H,5H2. The van der Waals surface area contributed by atoms with Crippen molar-refractivity contribution in [3.8, 4) is 0 Å². The van der Waals surface area contributed by atoms with Gasteiger partial charge in [0.1, 0.15) is 11.6 Å². The molecule has 0 fully saturated rings. The maximum atomic E-state index is 13.5. The van der Waals surface area contributed by atoms with E-state index >= 15 is 0 Å². The molecule has 0 aliphatic heterocycles. The van der Waals surface area contributed by atoms with Gasteiger partial charge in [-0.3, -0.25) is 4.79 Å². The van der Waals surface area contributed by atoms with Crippen molar-refractivity contribution < 1.29 is 8.78 Å². The molecule has 2 rings (SSSR count). The van der Waals surface area contributed by atoms with Crippen LogP contribution in [0.25, 0.3) is 0 Å². The third kappa shape index (κ3) is 2.87. The minimum atomic E-state index is -0.669. The lowest BCUT2D eigenvalue weighted by atomic mass is 10.2. The highest BCUT2D eigenvalue weighted by Gasteiger charge is 2.08. The predicted octanol–water partition coefficient (Wildman–Crippen LogP) is 3.70. The summed E-state index contributed by atoms with van der Waals surface area (Å²) in [6, 6.07) is 4.90. The Bertz CT molecular complexity index is 655. The second-order valence-corrected chi connectivity index (χ2v) is 5.45. The molecule has 2 nitrogen and oxygen atoms in total. The third-order valence-electron chi connectivity index (χ3n) is 2.36. The quantitative estimate of drug-likeness (QED) is 0.780. The van der Waals surface area contributed by atoms with Gasteiger partial charge in [0.25, 0.3) is 5.56 Å². The summed E-state index contributed by atoms with van der Waals surface area (Å²) in [5, 5.41) is 0. The van der Waals surface area contributed by atoms with Crippen molar-refractivity contribution in [3.63, 3.8) is 0 Å². The van der Waals surface area contributed by atoms with Gasteiger partial charge in [0.2, 0.25) is 0 Å². The lowest BCUT2D eigenvalue weighted by molar-refractivity contribution is 0.564. The average Bonchev–Trinajstić information content (AvgIpc) is 2.29. The summed E-state index contributed by atoms with van der Waals surface area (Å²) in [5.74, 6) is -1.31. The smallest absolute Gasteiger partial charge is 0.265 e. The number of pyridine rings is 1. The lowest BCUT2D eigenvalue weighted by Crippen LogP contribution is -2.21. The molecule has 0 atom stereocenters. The molecular formula is C12H7Br2F2NO. The molecule has 94 valence electrons. The van der Waals surface area contributed by atoms with E-state index in [9.17, 15) is 13.6 Å². The van der Waals surface area contributed by atoms with E-state index in [0.717, 1.165) is 12.1 Å². The van der Waals surface area contributed by atoms with Crippen molar-refractivity contribution in [2.45, 2.75) is 6.54 Å². The first-order chi connectivity index (χ1) is 8.47. The van der Waals surface area contributed by atoms with Crippen LogP contribution in [-0.2, 0) is 6.54 Å². The topological polar surface area (TPSA) is 22.0 Å². The minimum absolute atomic E-state index is 0.0446. The fourth-order valence-electron chi connectivity index (χ4n) is 1.52. The van der Waals surface area contributed by atoms with Crippen LogP contribution < -0.4 is 5.56 Å². The first kappa shape index (κ1) is 13.4. The van der Waals surface area contributed by atoms with Crippen LogP contribution >= 0.6 is 31.9 Å². The maximum absolute atomic E-state index is 13.5. The number of nitrogens with zero attached hydrogens (tertiary/aromatic N) is 1. The molecule has 0 unspecified atom stereocenters. The van der Waals surface area contributed by atoms with E-state index in [1.54, 1.807) is 12.3 Å². The molecule has 0 saturated carbocycles.